The van der Waals surface area contributed by atoms with E-state index in [4.69, 9.17) is 11.6 Å². The minimum absolute atomic E-state index is 0.346. The van der Waals surface area contributed by atoms with Gasteiger partial charge >= 0.3 is 0 Å². The van der Waals surface area contributed by atoms with Gasteiger partial charge < -0.3 is 10.4 Å². The van der Waals surface area contributed by atoms with Gasteiger partial charge in [-0.2, -0.15) is 0 Å². The number of hydrogen-bond donors (Lipinski definition) is 2. The van der Waals surface area contributed by atoms with Gasteiger partial charge in [0, 0.05) is 6.54 Å². The van der Waals surface area contributed by atoms with E-state index in [1.54, 1.807) is 0 Å². The van der Waals surface area contributed by atoms with Gasteiger partial charge in [0.05, 0.1) is 17.0 Å². The van der Waals surface area contributed by atoms with E-state index in [-0.39, 0.29) is 0 Å². The second-order valence-corrected chi connectivity index (χ2v) is 5.84. The summed E-state index contributed by atoms with van der Waals surface area (Å²) in [4.78, 5) is 8.53. The highest BCUT2D eigenvalue weighted by atomic mass is 35.5. The van der Waals surface area contributed by atoms with Crippen LogP contribution in [0.25, 0.3) is 0 Å². The first kappa shape index (κ1) is 15.2. The lowest BCUT2D eigenvalue weighted by Gasteiger charge is -2.26. The van der Waals surface area contributed by atoms with Crippen LogP contribution in [0.4, 0.5) is 5.82 Å². The molecule has 0 bridgehead atoms. The summed E-state index contributed by atoms with van der Waals surface area (Å²) in [6, 6.07) is 0. The van der Waals surface area contributed by atoms with Crippen molar-refractivity contribution in [3.8, 4) is 0 Å². The first-order valence-corrected chi connectivity index (χ1v) is 6.56. The van der Waals surface area contributed by atoms with Crippen molar-refractivity contribution in [3.63, 3.8) is 0 Å². The normalized spacial score (nSPS) is 14.7. The highest BCUT2D eigenvalue weighted by molar-refractivity contribution is 6.31. The zero-order valence-corrected chi connectivity index (χ0v) is 12.5. The number of anilines is 1. The van der Waals surface area contributed by atoms with E-state index in [1.165, 1.54) is 0 Å². The average molecular weight is 272 g/mol. The molecule has 0 aromatic carbocycles. The number of nitrogens with one attached hydrogen (secondary N) is 1. The standard InChI is InChI=1S/C13H22ClN3O/c1-8(2)6-13(5,18)7-15-12-11(14)16-9(3)10(4)17-12/h8,18H,6-7H2,1-5H3,(H,15,17). The van der Waals surface area contributed by atoms with E-state index in [9.17, 15) is 5.11 Å². The second-order valence-electron chi connectivity index (χ2n) is 5.48. The number of rotatable bonds is 5. The minimum atomic E-state index is -0.780. The van der Waals surface area contributed by atoms with Crippen molar-refractivity contribution >= 4 is 17.4 Å². The molecule has 1 atom stereocenters. The van der Waals surface area contributed by atoms with Gasteiger partial charge in [0.25, 0.3) is 0 Å². The molecular formula is C13H22ClN3O. The Hall–Kier alpha value is -0.870. The second kappa shape index (κ2) is 5.85. The number of halogens is 1. The zero-order valence-electron chi connectivity index (χ0n) is 11.7. The Labute approximate surface area is 114 Å². The van der Waals surface area contributed by atoms with Gasteiger partial charge in [-0.25, -0.2) is 9.97 Å². The van der Waals surface area contributed by atoms with Crippen molar-refractivity contribution in [2.45, 2.75) is 46.6 Å². The third-order valence-corrected chi connectivity index (χ3v) is 3.01. The molecule has 0 aliphatic rings. The van der Waals surface area contributed by atoms with Crippen LogP contribution in [0.15, 0.2) is 0 Å². The third-order valence-electron chi connectivity index (χ3n) is 2.75. The molecule has 0 aliphatic heterocycles. The maximum atomic E-state index is 10.2. The number of nitrogens with zero attached hydrogens (tertiary/aromatic N) is 2. The quantitative estimate of drug-likeness (QED) is 0.864. The van der Waals surface area contributed by atoms with Crippen molar-refractivity contribution in [1.29, 1.82) is 0 Å². The Kier molecular flexibility index (Phi) is 4.93. The number of aliphatic hydroxyl groups is 1. The van der Waals surface area contributed by atoms with E-state index < -0.39 is 5.60 Å². The van der Waals surface area contributed by atoms with Crippen LogP contribution in [0.2, 0.25) is 5.15 Å². The first-order valence-electron chi connectivity index (χ1n) is 6.18. The Balaban J connectivity index is 2.72. The van der Waals surface area contributed by atoms with Crippen LogP contribution in [0.3, 0.4) is 0 Å². The molecule has 1 aromatic heterocycles. The number of hydrogen-bond acceptors (Lipinski definition) is 4. The summed E-state index contributed by atoms with van der Waals surface area (Å²) in [5.74, 6) is 0.965. The molecule has 102 valence electrons. The molecule has 0 aliphatic carbocycles. The van der Waals surface area contributed by atoms with Crippen molar-refractivity contribution in [1.82, 2.24) is 9.97 Å². The third kappa shape index (κ3) is 4.42. The minimum Gasteiger partial charge on any atom is -0.388 e. The van der Waals surface area contributed by atoms with E-state index in [2.05, 4.69) is 29.1 Å². The van der Waals surface area contributed by atoms with Gasteiger partial charge in [-0.05, 0) is 33.1 Å². The van der Waals surface area contributed by atoms with Crippen LogP contribution in [-0.4, -0.2) is 27.2 Å². The number of aromatic nitrogens is 2. The highest BCUT2D eigenvalue weighted by Gasteiger charge is 2.22. The lowest BCUT2D eigenvalue weighted by Crippen LogP contribution is -2.35. The van der Waals surface area contributed by atoms with E-state index in [1.807, 2.05) is 20.8 Å². The molecule has 1 heterocycles. The molecule has 1 rings (SSSR count). The summed E-state index contributed by atoms with van der Waals surface area (Å²) < 4.78 is 0. The van der Waals surface area contributed by atoms with Crippen LogP contribution in [0.5, 0.6) is 0 Å². The lowest BCUT2D eigenvalue weighted by molar-refractivity contribution is 0.0514. The molecular weight excluding hydrogens is 250 g/mol. The smallest absolute Gasteiger partial charge is 0.171 e. The molecule has 2 N–H and O–H groups in total. The lowest BCUT2D eigenvalue weighted by atomic mass is 9.94. The molecule has 0 radical (unpaired) electrons. The first-order chi connectivity index (χ1) is 8.21. The molecule has 4 nitrogen and oxygen atoms in total. The molecule has 0 spiro atoms. The Bertz CT molecular complexity index is 419. The maximum Gasteiger partial charge on any atom is 0.171 e. The van der Waals surface area contributed by atoms with E-state index in [0.29, 0.717) is 23.4 Å². The topological polar surface area (TPSA) is 58.0 Å². The molecule has 0 amide bonds. The van der Waals surface area contributed by atoms with Gasteiger partial charge in [-0.15, -0.1) is 0 Å². The zero-order chi connectivity index (χ0) is 13.9. The van der Waals surface area contributed by atoms with E-state index in [0.717, 1.165) is 17.8 Å². The van der Waals surface area contributed by atoms with E-state index >= 15 is 0 Å². The van der Waals surface area contributed by atoms with Crippen molar-refractivity contribution in [2.24, 2.45) is 5.92 Å². The SMILES string of the molecule is Cc1nc(Cl)c(NCC(C)(O)CC(C)C)nc1C. The van der Waals surface area contributed by atoms with Crippen molar-refractivity contribution < 1.29 is 5.11 Å². The van der Waals surface area contributed by atoms with Gasteiger partial charge in [0.1, 0.15) is 0 Å². The fourth-order valence-electron chi connectivity index (χ4n) is 1.91. The summed E-state index contributed by atoms with van der Waals surface area (Å²) in [6.45, 7) is 10.1. The van der Waals surface area contributed by atoms with Crippen molar-refractivity contribution in [3.05, 3.63) is 16.5 Å². The number of aryl methyl sites for hydroxylation is 2. The van der Waals surface area contributed by atoms with Crippen LogP contribution >= 0.6 is 11.6 Å². The molecule has 18 heavy (non-hydrogen) atoms. The van der Waals surface area contributed by atoms with Gasteiger partial charge in [0.2, 0.25) is 0 Å². The molecule has 0 saturated heterocycles. The molecule has 1 aromatic rings. The van der Waals surface area contributed by atoms with Crippen LogP contribution < -0.4 is 5.32 Å². The summed E-state index contributed by atoms with van der Waals surface area (Å²) in [5.41, 5.74) is 0.878. The fourth-order valence-corrected chi connectivity index (χ4v) is 2.15. The summed E-state index contributed by atoms with van der Waals surface area (Å²) in [7, 11) is 0. The summed E-state index contributed by atoms with van der Waals surface area (Å²) in [5, 5.41) is 13.6. The molecule has 1 unspecified atom stereocenters. The van der Waals surface area contributed by atoms with Gasteiger partial charge in [-0.3, -0.25) is 0 Å². The molecule has 0 fully saturated rings. The highest BCUT2D eigenvalue weighted by Crippen LogP contribution is 2.21. The average Bonchev–Trinajstić information content (AvgIpc) is 2.19. The van der Waals surface area contributed by atoms with Crippen LogP contribution in [-0.2, 0) is 0 Å². The van der Waals surface area contributed by atoms with Crippen LogP contribution in [0.1, 0.15) is 38.6 Å². The maximum absolute atomic E-state index is 10.2. The largest absolute Gasteiger partial charge is 0.388 e. The Morgan fingerprint density at radius 2 is 1.83 bits per heavy atom. The fraction of sp³-hybridized carbons (Fsp3) is 0.692. The van der Waals surface area contributed by atoms with Crippen LogP contribution in [0, 0.1) is 19.8 Å². The Morgan fingerprint density at radius 3 is 2.39 bits per heavy atom. The monoisotopic (exact) mass is 271 g/mol. The summed E-state index contributed by atoms with van der Waals surface area (Å²) in [6.07, 6.45) is 0.718. The summed E-state index contributed by atoms with van der Waals surface area (Å²) >= 11 is 6.02. The molecule has 0 saturated carbocycles. The molecule has 5 heteroatoms. The van der Waals surface area contributed by atoms with Gasteiger partial charge in [0.15, 0.2) is 11.0 Å². The Morgan fingerprint density at radius 1 is 1.28 bits per heavy atom. The predicted octanol–water partition coefficient (Wildman–Crippen LogP) is 2.96. The van der Waals surface area contributed by atoms with Gasteiger partial charge in [-0.1, -0.05) is 25.4 Å². The van der Waals surface area contributed by atoms with Crippen molar-refractivity contribution in [2.75, 3.05) is 11.9 Å². The predicted molar refractivity (Wildman–Crippen MR) is 75.1 cm³/mol.